The lowest BCUT2D eigenvalue weighted by atomic mass is 9.74. The van der Waals surface area contributed by atoms with Gasteiger partial charge in [0.15, 0.2) is 0 Å². The van der Waals surface area contributed by atoms with Crippen LogP contribution in [0, 0.1) is 5.41 Å². The van der Waals surface area contributed by atoms with E-state index in [0.29, 0.717) is 13.0 Å². The number of amides is 1. The van der Waals surface area contributed by atoms with Crippen molar-refractivity contribution in [1.82, 2.24) is 35.3 Å². The summed E-state index contributed by atoms with van der Waals surface area (Å²) >= 11 is 0. The lowest BCUT2D eigenvalue weighted by molar-refractivity contribution is -0.122. The molecule has 1 atom stereocenters. The minimum atomic E-state index is -0.0675. The topological polar surface area (TPSA) is 99.8 Å². The van der Waals surface area contributed by atoms with Gasteiger partial charge in [-0.3, -0.25) is 4.79 Å². The van der Waals surface area contributed by atoms with E-state index < -0.39 is 0 Å². The third kappa shape index (κ3) is 4.13. The number of tetrazole rings is 1. The molecule has 9 heteroatoms. The second-order valence-electron chi connectivity index (χ2n) is 8.14. The van der Waals surface area contributed by atoms with Gasteiger partial charge in [-0.2, -0.15) is 5.10 Å². The van der Waals surface area contributed by atoms with Crippen LogP contribution in [0.3, 0.4) is 0 Å². The van der Waals surface area contributed by atoms with E-state index in [9.17, 15) is 4.79 Å². The van der Waals surface area contributed by atoms with Crippen molar-refractivity contribution in [2.45, 2.75) is 45.7 Å². The quantitative estimate of drug-likeness (QED) is 0.686. The SMILES string of the molecule is COc1ccc(-n2ncc3c2CC(C)(C)C[C@H]3NC(=O)CCn2cnnn2)cc1. The zero-order chi connectivity index (χ0) is 20.4. The minimum Gasteiger partial charge on any atom is -0.497 e. The fraction of sp³-hybridized carbons (Fsp3) is 0.450. The highest BCUT2D eigenvalue weighted by atomic mass is 16.5. The number of nitrogens with one attached hydrogen (secondary N) is 1. The Morgan fingerprint density at radius 3 is 2.79 bits per heavy atom. The summed E-state index contributed by atoms with van der Waals surface area (Å²) in [5.41, 5.74) is 3.24. The monoisotopic (exact) mass is 395 g/mol. The zero-order valence-electron chi connectivity index (χ0n) is 16.9. The van der Waals surface area contributed by atoms with Crippen molar-refractivity contribution in [2.75, 3.05) is 7.11 Å². The second kappa shape index (κ2) is 7.65. The maximum absolute atomic E-state index is 12.5. The molecule has 4 rings (SSSR count). The molecule has 3 aromatic rings. The molecule has 0 saturated heterocycles. The van der Waals surface area contributed by atoms with E-state index >= 15 is 0 Å². The lowest BCUT2D eigenvalue weighted by Crippen LogP contribution is -2.37. The number of carbonyl (C=O) groups is 1. The number of hydrogen-bond acceptors (Lipinski definition) is 6. The Balaban J connectivity index is 1.54. The highest BCUT2D eigenvalue weighted by molar-refractivity contribution is 5.76. The molecule has 0 saturated carbocycles. The Labute approximate surface area is 169 Å². The van der Waals surface area contributed by atoms with Gasteiger partial charge in [-0.15, -0.1) is 5.10 Å². The number of benzene rings is 1. The number of rotatable bonds is 6. The Morgan fingerprint density at radius 1 is 1.31 bits per heavy atom. The van der Waals surface area contributed by atoms with Gasteiger partial charge in [0.05, 0.1) is 37.3 Å². The average molecular weight is 395 g/mol. The molecule has 1 aromatic carbocycles. The van der Waals surface area contributed by atoms with Gasteiger partial charge >= 0.3 is 0 Å². The summed E-state index contributed by atoms with van der Waals surface area (Å²) in [6, 6.07) is 7.77. The molecule has 0 spiro atoms. The zero-order valence-corrected chi connectivity index (χ0v) is 16.9. The minimum absolute atomic E-state index is 0.0219. The van der Waals surface area contributed by atoms with Gasteiger partial charge in [0.2, 0.25) is 5.91 Å². The average Bonchev–Trinajstić information content (AvgIpc) is 3.35. The maximum atomic E-state index is 12.5. The van der Waals surface area contributed by atoms with Crippen molar-refractivity contribution in [3.63, 3.8) is 0 Å². The molecule has 0 fully saturated rings. The first-order chi connectivity index (χ1) is 13.9. The van der Waals surface area contributed by atoms with Gasteiger partial charge < -0.3 is 10.1 Å². The maximum Gasteiger partial charge on any atom is 0.222 e. The van der Waals surface area contributed by atoms with Crippen LogP contribution in [0.2, 0.25) is 0 Å². The van der Waals surface area contributed by atoms with E-state index in [4.69, 9.17) is 4.74 Å². The van der Waals surface area contributed by atoms with E-state index in [1.165, 1.54) is 6.33 Å². The number of aryl methyl sites for hydroxylation is 1. The Bertz CT molecular complexity index is 977. The molecule has 0 bridgehead atoms. The third-order valence-corrected chi connectivity index (χ3v) is 5.29. The largest absolute Gasteiger partial charge is 0.497 e. The first-order valence-corrected chi connectivity index (χ1v) is 9.66. The summed E-state index contributed by atoms with van der Waals surface area (Å²) in [5, 5.41) is 18.8. The van der Waals surface area contributed by atoms with Crippen molar-refractivity contribution in [1.29, 1.82) is 0 Å². The van der Waals surface area contributed by atoms with Gasteiger partial charge in [-0.1, -0.05) is 13.8 Å². The normalized spacial score (nSPS) is 17.6. The summed E-state index contributed by atoms with van der Waals surface area (Å²) in [5.74, 6) is 0.786. The predicted molar refractivity (Wildman–Crippen MR) is 106 cm³/mol. The highest BCUT2D eigenvalue weighted by Crippen LogP contribution is 2.41. The fourth-order valence-electron chi connectivity index (χ4n) is 3.88. The molecule has 1 amide bonds. The van der Waals surface area contributed by atoms with E-state index in [0.717, 1.165) is 35.5 Å². The summed E-state index contributed by atoms with van der Waals surface area (Å²) < 4.78 is 8.77. The molecule has 1 N–H and O–H groups in total. The van der Waals surface area contributed by atoms with Crippen LogP contribution in [0.15, 0.2) is 36.8 Å². The Hall–Kier alpha value is -3.23. The smallest absolute Gasteiger partial charge is 0.222 e. The van der Waals surface area contributed by atoms with Crippen molar-refractivity contribution in [3.8, 4) is 11.4 Å². The molecule has 0 aliphatic heterocycles. The summed E-state index contributed by atoms with van der Waals surface area (Å²) in [7, 11) is 1.65. The first-order valence-electron chi connectivity index (χ1n) is 9.66. The van der Waals surface area contributed by atoms with Crippen LogP contribution in [0.5, 0.6) is 5.75 Å². The van der Waals surface area contributed by atoms with Crippen LogP contribution >= 0.6 is 0 Å². The number of carbonyl (C=O) groups excluding carboxylic acids is 1. The van der Waals surface area contributed by atoms with Gasteiger partial charge in [-0.05, 0) is 52.9 Å². The number of hydrogen-bond donors (Lipinski definition) is 1. The molecule has 2 heterocycles. The van der Waals surface area contributed by atoms with Crippen molar-refractivity contribution >= 4 is 5.91 Å². The van der Waals surface area contributed by atoms with Crippen LogP contribution < -0.4 is 10.1 Å². The van der Waals surface area contributed by atoms with Crippen molar-refractivity contribution in [2.24, 2.45) is 5.41 Å². The number of fused-ring (bicyclic) bond motifs is 1. The first kappa shape index (κ1) is 19.1. The van der Waals surface area contributed by atoms with E-state index in [1.807, 2.05) is 35.1 Å². The van der Waals surface area contributed by atoms with Gasteiger partial charge in [0.1, 0.15) is 12.1 Å². The number of ether oxygens (including phenoxy) is 1. The number of aromatic nitrogens is 6. The molecule has 1 aliphatic carbocycles. The van der Waals surface area contributed by atoms with Crippen LogP contribution in [-0.2, 0) is 17.8 Å². The van der Waals surface area contributed by atoms with Crippen molar-refractivity contribution in [3.05, 3.63) is 48.0 Å². The van der Waals surface area contributed by atoms with E-state index in [-0.39, 0.29) is 17.4 Å². The third-order valence-electron chi connectivity index (χ3n) is 5.29. The van der Waals surface area contributed by atoms with E-state index in [1.54, 1.807) is 11.8 Å². The van der Waals surface area contributed by atoms with Crippen LogP contribution in [0.1, 0.15) is 44.0 Å². The van der Waals surface area contributed by atoms with Crippen LogP contribution in [0.25, 0.3) is 5.69 Å². The summed E-state index contributed by atoms with van der Waals surface area (Å²) in [6.45, 7) is 4.90. The van der Waals surface area contributed by atoms with Gasteiger partial charge in [0, 0.05) is 12.0 Å². The second-order valence-corrected chi connectivity index (χ2v) is 8.14. The molecule has 152 valence electrons. The van der Waals surface area contributed by atoms with Crippen LogP contribution in [0.4, 0.5) is 0 Å². The predicted octanol–water partition coefficient (Wildman–Crippen LogP) is 2.09. The molecular weight excluding hydrogens is 370 g/mol. The molecular formula is C20H25N7O2. The molecule has 1 aliphatic rings. The fourth-order valence-corrected chi connectivity index (χ4v) is 3.88. The number of methoxy groups -OCH3 is 1. The molecule has 2 aromatic heterocycles. The van der Waals surface area contributed by atoms with Gasteiger partial charge in [0.25, 0.3) is 0 Å². The highest BCUT2D eigenvalue weighted by Gasteiger charge is 2.36. The van der Waals surface area contributed by atoms with Gasteiger partial charge in [-0.25, -0.2) is 9.36 Å². The molecule has 0 radical (unpaired) electrons. The summed E-state index contributed by atoms with van der Waals surface area (Å²) in [6.07, 6.45) is 5.47. The molecule has 29 heavy (non-hydrogen) atoms. The standard InChI is InChI=1S/C20H25N7O2/c1-20(2)10-17(23-19(28)8-9-26-13-21-24-25-26)16-12-22-27(18(16)11-20)14-4-6-15(29-3)7-5-14/h4-7,12-13,17H,8-11H2,1-3H3,(H,23,28)/t17-/m1/s1. The molecule has 0 unspecified atom stereocenters. The molecule has 9 nitrogen and oxygen atoms in total. The number of nitrogens with zero attached hydrogens (tertiary/aromatic N) is 6. The Morgan fingerprint density at radius 2 is 2.10 bits per heavy atom. The lowest BCUT2D eigenvalue weighted by Gasteiger charge is -2.36. The van der Waals surface area contributed by atoms with E-state index in [2.05, 4.69) is 39.8 Å². The Kier molecular flexibility index (Phi) is 5.04. The summed E-state index contributed by atoms with van der Waals surface area (Å²) in [4.78, 5) is 12.5. The van der Waals surface area contributed by atoms with Crippen LogP contribution in [-0.4, -0.2) is 43.0 Å². The van der Waals surface area contributed by atoms with Crippen molar-refractivity contribution < 1.29 is 9.53 Å².